The van der Waals surface area contributed by atoms with Crippen LogP contribution in [0.5, 0.6) is 0 Å². The van der Waals surface area contributed by atoms with Crippen LogP contribution in [0, 0.1) is 5.92 Å². The van der Waals surface area contributed by atoms with Gasteiger partial charge in [-0.2, -0.15) is 0 Å². The number of aromatic carboxylic acids is 1. The summed E-state index contributed by atoms with van der Waals surface area (Å²) < 4.78 is 0. The Labute approximate surface area is 130 Å². The highest BCUT2D eigenvalue weighted by atomic mass is 32.2. The van der Waals surface area contributed by atoms with Crippen molar-refractivity contribution in [2.24, 2.45) is 5.92 Å². The number of hydrogen-bond acceptors (Lipinski definition) is 4. The molecule has 5 heteroatoms. The van der Waals surface area contributed by atoms with Gasteiger partial charge in [-0.1, -0.05) is 19.9 Å². The topological polar surface area (TPSA) is 52.6 Å². The Kier molecular flexibility index (Phi) is 5.94. The van der Waals surface area contributed by atoms with Crippen LogP contribution in [0.2, 0.25) is 0 Å². The van der Waals surface area contributed by atoms with Crippen LogP contribution in [0.25, 0.3) is 0 Å². The third-order valence-corrected chi connectivity index (χ3v) is 4.88. The average Bonchev–Trinajstić information content (AvgIpc) is 2.93. The highest BCUT2D eigenvalue weighted by Gasteiger charge is 2.22. The lowest BCUT2D eigenvalue weighted by molar-refractivity contribution is 0.0694. The van der Waals surface area contributed by atoms with E-state index in [0.29, 0.717) is 11.5 Å². The van der Waals surface area contributed by atoms with Gasteiger partial charge in [-0.25, -0.2) is 4.79 Å². The van der Waals surface area contributed by atoms with Crippen LogP contribution in [0.1, 0.15) is 30.6 Å². The van der Waals surface area contributed by atoms with E-state index in [9.17, 15) is 9.90 Å². The molecular formula is C16H24N2O2S. The van der Waals surface area contributed by atoms with Crippen molar-refractivity contribution in [1.29, 1.82) is 0 Å². The number of carboxylic acids is 1. The molecule has 1 fully saturated rings. The van der Waals surface area contributed by atoms with Crippen LogP contribution < -0.4 is 5.32 Å². The third-order valence-electron chi connectivity index (χ3n) is 3.94. The zero-order valence-corrected chi connectivity index (χ0v) is 13.6. The number of carbonyl (C=O) groups is 1. The standard InChI is InChI=1S/C16H24N2O2S/c1-3-18-9-8-12(11-18)10-17-13-6-5-7-14(21-4-2)15(13)16(19)20/h5-7,12,17H,3-4,8-11H2,1-2H3,(H,19,20). The molecule has 1 heterocycles. The van der Waals surface area contributed by atoms with Crippen molar-refractivity contribution in [3.05, 3.63) is 23.8 Å². The van der Waals surface area contributed by atoms with E-state index in [2.05, 4.69) is 17.1 Å². The van der Waals surface area contributed by atoms with Crippen molar-refractivity contribution in [1.82, 2.24) is 4.90 Å². The van der Waals surface area contributed by atoms with E-state index >= 15 is 0 Å². The number of thioether (sulfide) groups is 1. The molecular weight excluding hydrogens is 284 g/mol. The minimum absolute atomic E-state index is 0.412. The number of carboxylic acid groups (broad SMARTS) is 1. The number of rotatable bonds is 7. The maximum absolute atomic E-state index is 11.6. The summed E-state index contributed by atoms with van der Waals surface area (Å²) >= 11 is 1.58. The van der Waals surface area contributed by atoms with E-state index in [0.717, 1.165) is 42.5 Å². The molecule has 1 atom stereocenters. The number of likely N-dealkylation sites (tertiary alicyclic amines) is 1. The van der Waals surface area contributed by atoms with Crippen LogP contribution in [0.15, 0.2) is 23.1 Å². The SMILES string of the molecule is CCSc1cccc(NCC2CCN(CC)C2)c1C(=O)O. The van der Waals surface area contributed by atoms with Crippen LogP contribution >= 0.6 is 11.8 Å². The fourth-order valence-electron chi connectivity index (χ4n) is 2.80. The van der Waals surface area contributed by atoms with Gasteiger partial charge in [0.15, 0.2) is 0 Å². The van der Waals surface area contributed by atoms with Crippen LogP contribution in [-0.4, -0.2) is 47.9 Å². The summed E-state index contributed by atoms with van der Waals surface area (Å²) in [6, 6.07) is 5.69. The van der Waals surface area contributed by atoms with Crippen molar-refractivity contribution < 1.29 is 9.90 Å². The average molecular weight is 308 g/mol. The van der Waals surface area contributed by atoms with Gasteiger partial charge in [0, 0.05) is 23.7 Å². The first kappa shape index (κ1) is 16.2. The van der Waals surface area contributed by atoms with E-state index < -0.39 is 5.97 Å². The van der Waals surface area contributed by atoms with Gasteiger partial charge < -0.3 is 15.3 Å². The minimum atomic E-state index is -0.851. The van der Waals surface area contributed by atoms with Gasteiger partial charge in [0.25, 0.3) is 0 Å². The largest absolute Gasteiger partial charge is 0.478 e. The lowest BCUT2D eigenvalue weighted by atomic mass is 10.1. The second kappa shape index (κ2) is 7.71. The lowest BCUT2D eigenvalue weighted by Crippen LogP contribution is -2.23. The highest BCUT2D eigenvalue weighted by molar-refractivity contribution is 7.99. The maximum atomic E-state index is 11.6. The molecule has 1 aliphatic rings. The third kappa shape index (κ3) is 4.14. The molecule has 2 rings (SSSR count). The highest BCUT2D eigenvalue weighted by Crippen LogP contribution is 2.29. The van der Waals surface area contributed by atoms with Gasteiger partial charge in [0.2, 0.25) is 0 Å². The number of anilines is 1. The van der Waals surface area contributed by atoms with E-state index in [1.165, 1.54) is 6.42 Å². The van der Waals surface area contributed by atoms with Crippen LogP contribution in [-0.2, 0) is 0 Å². The fraction of sp³-hybridized carbons (Fsp3) is 0.562. The Morgan fingerprint density at radius 1 is 1.48 bits per heavy atom. The van der Waals surface area contributed by atoms with Gasteiger partial charge in [0.1, 0.15) is 0 Å². The predicted molar refractivity (Wildman–Crippen MR) is 88.5 cm³/mol. The summed E-state index contributed by atoms with van der Waals surface area (Å²) in [5.74, 6) is 0.627. The van der Waals surface area contributed by atoms with Crippen LogP contribution in [0.3, 0.4) is 0 Å². The summed E-state index contributed by atoms with van der Waals surface area (Å²) in [6.45, 7) is 8.42. The normalized spacial score (nSPS) is 18.9. The molecule has 21 heavy (non-hydrogen) atoms. The first-order valence-electron chi connectivity index (χ1n) is 7.61. The first-order chi connectivity index (χ1) is 10.2. The molecule has 2 N–H and O–H groups in total. The van der Waals surface area contributed by atoms with Crippen molar-refractivity contribution in [2.75, 3.05) is 37.2 Å². The van der Waals surface area contributed by atoms with Crippen molar-refractivity contribution >= 4 is 23.4 Å². The predicted octanol–water partition coefficient (Wildman–Crippen LogP) is 3.25. The van der Waals surface area contributed by atoms with Crippen LogP contribution in [0.4, 0.5) is 5.69 Å². The summed E-state index contributed by atoms with van der Waals surface area (Å²) in [7, 11) is 0. The fourth-order valence-corrected chi connectivity index (χ4v) is 3.62. The Morgan fingerprint density at radius 3 is 2.90 bits per heavy atom. The van der Waals surface area contributed by atoms with Gasteiger partial charge >= 0.3 is 5.97 Å². The summed E-state index contributed by atoms with van der Waals surface area (Å²) in [6.07, 6.45) is 1.19. The lowest BCUT2D eigenvalue weighted by Gasteiger charge is -2.16. The van der Waals surface area contributed by atoms with E-state index in [4.69, 9.17) is 0 Å². The monoisotopic (exact) mass is 308 g/mol. The molecule has 1 aromatic carbocycles. The van der Waals surface area contributed by atoms with Gasteiger partial charge in [0.05, 0.1) is 5.56 Å². The summed E-state index contributed by atoms with van der Waals surface area (Å²) in [5.41, 5.74) is 1.16. The van der Waals surface area contributed by atoms with E-state index in [-0.39, 0.29) is 0 Å². The molecule has 116 valence electrons. The molecule has 0 amide bonds. The molecule has 1 aliphatic heterocycles. The molecule has 0 radical (unpaired) electrons. The summed E-state index contributed by atoms with van der Waals surface area (Å²) in [5, 5.41) is 12.8. The first-order valence-corrected chi connectivity index (χ1v) is 8.59. The molecule has 1 aromatic rings. The number of nitrogens with one attached hydrogen (secondary N) is 1. The molecule has 0 spiro atoms. The van der Waals surface area contributed by atoms with Gasteiger partial charge in [-0.15, -0.1) is 11.8 Å². The molecule has 1 saturated heterocycles. The van der Waals surface area contributed by atoms with Gasteiger partial charge in [-0.3, -0.25) is 0 Å². The smallest absolute Gasteiger partial charge is 0.338 e. The Bertz CT molecular complexity index is 493. The van der Waals surface area contributed by atoms with E-state index in [1.54, 1.807) is 11.8 Å². The van der Waals surface area contributed by atoms with Gasteiger partial charge in [-0.05, 0) is 43.3 Å². The molecule has 4 nitrogen and oxygen atoms in total. The quantitative estimate of drug-likeness (QED) is 0.757. The van der Waals surface area contributed by atoms with Crippen molar-refractivity contribution in [2.45, 2.75) is 25.2 Å². The molecule has 0 bridgehead atoms. The Balaban J connectivity index is 2.05. The minimum Gasteiger partial charge on any atom is -0.478 e. The van der Waals surface area contributed by atoms with Crippen molar-refractivity contribution in [3.63, 3.8) is 0 Å². The zero-order valence-electron chi connectivity index (χ0n) is 12.8. The Morgan fingerprint density at radius 2 is 2.29 bits per heavy atom. The second-order valence-electron chi connectivity index (χ2n) is 5.35. The summed E-state index contributed by atoms with van der Waals surface area (Å²) in [4.78, 5) is 14.8. The molecule has 1 unspecified atom stereocenters. The Hall–Kier alpha value is -1.20. The number of hydrogen-bond donors (Lipinski definition) is 2. The number of nitrogens with zero attached hydrogens (tertiary/aromatic N) is 1. The molecule has 0 saturated carbocycles. The van der Waals surface area contributed by atoms with Crippen molar-refractivity contribution in [3.8, 4) is 0 Å². The molecule has 0 aromatic heterocycles. The van der Waals surface area contributed by atoms with E-state index in [1.807, 2.05) is 25.1 Å². The molecule has 0 aliphatic carbocycles. The number of benzene rings is 1. The zero-order chi connectivity index (χ0) is 15.2. The maximum Gasteiger partial charge on any atom is 0.338 e. The second-order valence-corrected chi connectivity index (χ2v) is 6.65.